The van der Waals surface area contributed by atoms with Crippen molar-refractivity contribution in [1.29, 1.82) is 0 Å². The topological polar surface area (TPSA) is 54.3 Å². The standard InChI is InChI=1S/C15H15FN2O2/c16-12-3-1-11(2-4-12)13-5-6-14(20-13)15(19)18-9-10-7-17-8-10/h1-6,10,17H,7-9H2,(H,18,19). The fourth-order valence-corrected chi connectivity index (χ4v) is 2.05. The van der Waals surface area contributed by atoms with Crippen LogP contribution in [0.1, 0.15) is 10.6 Å². The van der Waals surface area contributed by atoms with Crippen LogP contribution in [0.5, 0.6) is 0 Å². The van der Waals surface area contributed by atoms with Crippen molar-refractivity contribution in [3.05, 3.63) is 48.0 Å². The van der Waals surface area contributed by atoms with E-state index in [4.69, 9.17) is 4.42 Å². The van der Waals surface area contributed by atoms with Gasteiger partial charge in [-0.25, -0.2) is 4.39 Å². The number of halogens is 1. The van der Waals surface area contributed by atoms with Crippen LogP contribution in [0.3, 0.4) is 0 Å². The molecular formula is C15H15FN2O2. The van der Waals surface area contributed by atoms with E-state index in [-0.39, 0.29) is 17.5 Å². The van der Waals surface area contributed by atoms with E-state index in [9.17, 15) is 9.18 Å². The summed E-state index contributed by atoms with van der Waals surface area (Å²) >= 11 is 0. The molecule has 0 radical (unpaired) electrons. The van der Waals surface area contributed by atoms with E-state index in [0.29, 0.717) is 18.2 Å². The lowest BCUT2D eigenvalue weighted by molar-refractivity contribution is 0.0915. The molecule has 104 valence electrons. The van der Waals surface area contributed by atoms with Crippen molar-refractivity contribution in [3.63, 3.8) is 0 Å². The molecule has 0 unspecified atom stereocenters. The van der Waals surface area contributed by atoms with E-state index in [1.54, 1.807) is 24.3 Å². The summed E-state index contributed by atoms with van der Waals surface area (Å²) in [6, 6.07) is 9.31. The number of furan rings is 1. The van der Waals surface area contributed by atoms with Gasteiger partial charge in [0.05, 0.1) is 0 Å². The first-order chi connectivity index (χ1) is 9.72. The predicted octanol–water partition coefficient (Wildman–Crippen LogP) is 2.03. The molecule has 5 heteroatoms. The molecule has 3 rings (SSSR count). The minimum Gasteiger partial charge on any atom is -0.451 e. The summed E-state index contributed by atoms with van der Waals surface area (Å²) in [5, 5.41) is 5.99. The number of carbonyl (C=O) groups excluding carboxylic acids is 1. The summed E-state index contributed by atoms with van der Waals surface area (Å²) in [7, 11) is 0. The van der Waals surface area contributed by atoms with Gasteiger partial charge in [-0.1, -0.05) is 0 Å². The van der Waals surface area contributed by atoms with E-state index in [0.717, 1.165) is 18.7 Å². The Morgan fingerprint density at radius 1 is 1.25 bits per heavy atom. The Morgan fingerprint density at radius 3 is 2.65 bits per heavy atom. The Morgan fingerprint density at radius 2 is 2.00 bits per heavy atom. The number of nitrogens with one attached hydrogen (secondary N) is 2. The Balaban J connectivity index is 1.66. The molecule has 1 fully saturated rings. The lowest BCUT2D eigenvalue weighted by atomic mass is 10.0. The summed E-state index contributed by atoms with van der Waals surface area (Å²) in [6.45, 7) is 2.54. The highest BCUT2D eigenvalue weighted by Gasteiger charge is 2.19. The van der Waals surface area contributed by atoms with Crippen molar-refractivity contribution in [2.75, 3.05) is 19.6 Å². The molecular weight excluding hydrogens is 259 g/mol. The smallest absolute Gasteiger partial charge is 0.287 e. The van der Waals surface area contributed by atoms with Gasteiger partial charge in [0.15, 0.2) is 5.76 Å². The van der Waals surface area contributed by atoms with Crippen LogP contribution >= 0.6 is 0 Å². The van der Waals surface area contributed by atoms with Crippen molar-refractivity contribution in [2.24, 2.45) is 5.92 Å². The second-order valence-electron chi connectivity index (χ2n) is 4.91. The summed E-state index contributed by atoms with van der Waals surface area (Å²) in [5.41, 5.74) is 0.744. The van der Waals surface area contributed by atoms with Gasteiger partial charge in [0, 0.05) is 31.1 Å². The van der Waals surface area contributed by atoms with Crippen LogP contribution < -0.4 is 10.6 Å². The lowest BCUT2D eigenvalue weighted by Gasteiger charge is -2.26. The fraction of sp³-hybridized carbons (Fsp3) is 0.267. The van der Waals surface area contributed by atoms with Gasteiger partial charge in [-0.3, -0.25) is 4.79 Å². The van der Waals surface area contributed by atoms with Crippen LogP contribution in [0, 0.1) is 11.7 Å². The third-order valence-electron chi connectivity index (χ3n) is 3.38. The molecule has 0 saturated carbocycles. The monoisotopic (exact) mass is 274 g/mol. The van der Waals surface area contributed by atoms with E-state index < -0.39 is 0 Å². The van der Waals surface area contributed by atoms with Crippen molar-refractivity contribution in [1.82, 2.24) is 10.6 Å². The van der Waals surface area contributed by atoms with Crippen LogP contribution in [0.25, 0.3) is 11.3 Å². The van der Waals surface area contributed by atoms with Gasteiger partial charge in [0.2, 0.25) is 0 Å². The molecule has 0 spiro atoms. The first-order valence-electron chi connectivity index (χ1n) is 6.57. The maximum atomic E-state index is 12.9. The van der Waals surface area contributed by atoms with Crippen LogP contribution in [0.4, 0.5) is 4.39 Å². The van der Waals surface area contributed by atoms with E-state index >= 15 is 0 Å². The molecule has 0 bridgehead atoms. The molecule has 0 aliphatic carbocycles. The van der Waals surface area contributed by atoms with Crippen molar-refractivity contribution >= 4 is 5.91 Å². The Hall–Kier alpha value is -2.14. The van der Waals surface area contributed by atoms with Crippen LogP contribution in [0.2, 0.25) is 0 Å². The normalized spacial score (nSPS) is 14.8. The highest BCUT2D eigenvalue weighted by Crippen LogP contribution is 2.22. The molecule has 1 aromatic carbocycles. The minimum atomic E-state index is -0.299. The van der Waals surface area contributed by atoms with Crippen LogP contribution in [-0.2, 0) is 0 Å². The molecule has 1 amide bonds. The van der Waals surface area contributed by atoms with Gasteiger partial charge >= 0.3 is 0 Å². The van der Waals surface area contributed by atoms with E-state index in [2.05, 4.69) is 10.6 Å². The molecule has 20 heavy (non-hydrogen) atoms. The van der Waals surface area contributed by atoms with Crippen molar-refractivity contribution < 1.29 is 13.6 Å². The Labute approximate surface area is 116 Å². The number of benzene rings is 1. The van der Waals surface area contributed by atoms with Gasteiger partial charge in [-0.2, -0.15) is 0 Å². The van der Waals surface area contributed by atoms with E-state index in [1.807, 2.05) is 0 Å². The van der Waals surface area contributed by atoms with Gasteiger partial charge in [-0.05, 0) is 36.4 Å². The summed E-state index contributed by atoms with van der Waals surface area (Å²) in [4.78, 5) is 11.9. The molecule has 0 atom stereocenters. The number of carbonyl (C=O) groups is 1. The molecule has 1 aromatic heterocycles. The van der Waals surface area contributed by atoms with Gasteiger partial charge in [-0.15, -0.1) is 0 Å². The molecule has 1 aliphatic heterocycles. The van der Waals surface area contributed by atoms with Gasteiger partial charge < -0.3 is 15.1 Å². The number of hydrogen-bond acceptors (Lipinski definition) is 3. The molecule has 1 saturated heterocycles. The number of hydrogen-bond donors (Lipinski definition) is 2. The van der Waals surface area contributed by atoms with Crippen molar-refractivity contribution in [2.45, 2.75) is 0 Å². The van der Waals surface area contributed by atoms with Crippen LogP contribution in [0.15, 0.2) is 40.8 Å². The second kappa shape index (κ2) is 5.46. The van der Waals surface area contributed by atoms with Crippen molar-refractivity contribution in [3.8, 4) is 11.3 Å². The first kappa shape index (κ1) is 12.9. The third kappa shape index (κ3) is 2.72. The zero-order chi connectivity index (χ0) is 13.9. The fourth-order valence-electron chi connectivity index (χ4n) is 2.05. The number of rotatable bonds is 4. The summed E-state index contributed by atoms with van der Waals surface area (Å²) in [5.74, 6) is 0.820. The highest BCUT2D eigenvalue weighted by molar-refractivity contribution is 5.92. The molecule has 2 aromatic rings. The zero-order valence-electron chi connectivity index (χ0n) is 10.9. The number of amides is 1. The predicted molar refractivity (Wildman–Crippen MR) is 72.8 cm³/mol. The largest absolute Gasteiger partial charge is 0.451 e. The lowest BCUT2D eigenvalue weighted by Crippen LogP contribution is -2.48. The molecule has 2 heterocycles. The van der Waals surface area contributed by atoms with Gasteiger partial charge in [0.1, 0.15) is 11.6 Å². The third-order valence-corrected chi connectivity index (χ3v) is 3.38. The second-order valence-corrected chi connectivity index (χ2v) is 4.91. The average Bonchev–Trinajstić information content (AvgIpc) is 2.87. The average molecular weight is 274 g/mol. The molecule has 4 nitrogen and oxygen atoms in total. The maximum absolute atomic E-state index is 12.9. The molecule has 1 aliphatic rings. The summed E-state index contributed by atoms with van der Waals surface area (Å²) < 4.78 is 18.4. The highest BCUT2D eigenvalue weighted by atomic mass is 19.1. The zero-order valence-corrected chi connectivity index (χ0v) is 10.9. The van der Waals surface area contributed by atoms with Crippen LogP contribution in [-0.4, -0.2) is 25.5 Å². The summed E-state index contributed by atoms with van der Waals surface area (Å²) in [6.07, 6.45) is 0. The minimum absolute atomic E-state index is 0.217. The Kier molecular flexibility index (Phi) is 3.52. The van der Waals surface area contributed by atoms with Gasteiger partial charge in [0.25, 0.3) is 5.91 Å². The molecule has 2 N–H and O–H groups in total. The SMILES string of the molecule is O=C(NCC1CNC1)c1ccc(-c2ccc(F)cc2)o1. The van der Waals surface area contributed by atoms with E-state index in [1.165, 1.54) is 12.1 Å². The Bertz CT molecular complexity index is 603. The maximum Gasteiger partial charge on any atom is 0.287 e. The first-order valence-corrected chi connectivity index (χ1v) is 6.57. The quantitative estimate of drug-likeness (QED) is 0.897.